The first-order valence-electron chi connectivity index (χ1n) is 6.43. The molecule has 0 spiro atoms. The summed E-state index contributed by atoms with van der Waals surface area (Å²) in [5, 5.41) is 23.5. The first-order valence-corrected chi connectivity index (χ1v) is 6.43. The zero-order valence-electron chi connectivity index (χ0n) is 11.2. The Kier molecular flexibility index (Phi) is 4.30. The van der Waals surface area contributed by atoms with Gasteiger partial charge in [-0.25, -0.2) is 10.8 Å². The second-order valence-electron chi connectivity index (χ2n) is 4.86. The summed E-state index contributed by atoms with van der Waals surface area (Å²) in [6.07, 6.45) is 2.72. The Bertz CT molecular complexity index is 509. The number of nitrogens with two attached hydrogens (primary N) is 1. The third-order valence-electron chi connectivity index (χ3n) is 3.59. The lowest BCUT2D eigenvalue weighted by atomic mass is 10.1. The molecule has 2 unspecified atom stereocenters. The van der Waals surface area contributed by atoms with E-state index in [9.17, 15) is 15.2 Å². The Hall–Kier alpha value is -2.00. The second-order valence-corrected chi connectivity index (χ2v) is 4.86. The van der Waals surface area contributed by atoms with Crippen molar-refractivity contribution in [2.45, 2.75) is 32.2 Å². The van der Waals surface area contributed by atoms with Crippen LogP contribution in [0.25, 0.3) is 0 Å². The average Bonchev–Trinajstić information content (AvgIpc) is 2.84. The highest BCUT2D eigenvalue weighted by molar-refractivity contribution is 5.61. The van der Waals surface area contributed by atoms with Crippen molar-refractivity contribution in [1.82, 2.24) is 9.97 Å². The van der Waals surface area contributed by atoms with Gasteiger partial charge in [-0.3, -0.25) is 15.5 Å². The van der Waals surface area contributed by atoms with E-state index >= 15 is 0 Å². The second kappa shape index (κ2) is 5.97. The van der Waals surface area contributed by atoms with Gasteiger partial charge in [0, 0.05) is 18.6 Å². The fourth-order valence-corrected chi connectivity index (χ4v) is 2.57. The van der Waals surface area contributed by atoms with Crippen molar-refractivity contribution in [3.8, 4) is 0 Å². The molecule has 0 aromatic carbocycles. The van der Waals surface area contributed by atoms with Gasteiger partial charge in [-0.1, -0.05) is 6.42 Å². The number of aliphatic hydroxyl groups excluding tert-OH is 1. The lowest BCUT2D eigenvalue weighted by Crippen LogP contribution is -2.28. The Labute approximate surface area is 115 Å². The smallest absolute Gasteiger partial charge is 0.332 e. The maximum Gasteiger partial charge on any atom is 0.332 e. The molecule has 0 amide bonds. The summed E-state index contributed by atoms with van der Waals surface area (Å²) in [6.45, 7) is 1.58. The Morgan fingerprint density at radius 2 is 2.25 bits per heavy atom. The number of aliphatic hydroxyl groups is 1. The highest BCUT2D eigenvalue weighted by Gasteiger charge is 2.30. The fourth-order valence-electron chi connectivity index (χ4n) is 2.57. The van der Waals surface area contributed by atoms with Gasteiger partial charge in [0.25, 0.3) is 0 Å². The third-order valence-corrected chi connectivity index (χ3v) is 3.59. The molecule has 1 saturated carbocycles. The maximum absolute atomic E-state index is 11.2. The Balaban J connectivity index is 2.33. The van der Waals surface area contributed by atoms with Crippen molar-refractivity contribution in [3.05, 3.63) is 15.8 Å². The van der Waals surface area contributed by atoms with Crippen LogP contribution in [0.2, 0.25) is 0 Å². The number of anilines is 2. The number of hydrogen-bond acceptors (Lipinski definition) is 8. The van der Waals surface area contributed by atoms with Crippen molar-refractivity contribution in [3.63, 3.8) is 0 Å². The molecule has 0 bridgehead atoms. The number of rotatable bonds is 5. The minimum absolute atomic E-state index is 0.0291. The van der Waals surface area contributed by atoms with Crippen molar-refractivity contribution >= 4 is 17.5 Å². The van der Waals surface area contributed by atoms with Crippen LogP contribution in [0, 0.1) is 23.0 Å². The predicted octanol–water partition coefficient (Wildman–Crippen LogP) is 0.552. The number of aromatic nitrogens is 2. The van der Waals surface area contributed by atoms with Crippen LogP contribution in [0.5, 0.6) is 0 Å². The van der Waals surface area contributed by atoms with Gasteiger partial charge in [0.1, 0.15) is 5.69 Å². The minimum atomic E-state index is -0.513. The van der Waals surface area contributed by atoms with Gasteiger partial charge in [0.05, 0.1) is 4.92 Å². The monoisotopic (exact) mass is 282 g/mol. The summed E-state index contributed by atoms with van der Waals surface area (Å²) in [5.74, 6) is 5.60. The summed E-state index contributed by atoms with van der Waals surface area (Å²) in [4.78, 5) is 18.6. The van der Waals surface area contributed by atoms with Crippen LogP contribution in [0.4, 0.5) is 17.5 Å². The molecule has 0 aliphatic heterocycles. The van der Waals surface area contributed by atoms with Gasteiger partial charge < -0.3 is 10.4 Å². The molecule has 9 nitrogen and oxygen atoms in total. The quantitative estimate of drug-likeness (QED) is 0.349. The number of hydrogen-bond donors (Lipinski definition) is 4. The number of nitro groups is 1. The lowest BCUT2D eigenvalue weighted by Gasteiger charge is -2.20. The molecule has 0 radical (unpaired) electrons. The van der Waals surface area contributed by atoms with Crippen LogP contribution in [0.15, 0.2) is 0 Å². The average molecular weight is 282 g/mol. The molecule has 1 fully saturated rings. The maximum atomic E-state index is 11.2. The Morgan fingerprint density at radius 1 is 1.50 bits per heavy atom. The predicted molar refractivity (Wildman–Crippen MR) is 73.1 cm³/mol. The molecule has 110 valence electrons. The van der Waals surface area contributed by atoms with Gasteiger partial charge in [-0.05, 0) is 19.8 Å². The fraction of sp³-hybridized carbons (Fsp3) is 0.636. The van der Waals surface area contributed by atoms with Crippen molar-refractivity contribution in [2.24, 2.45) is 11.8 Å². The minimum Gasteiger partial charge on any atom is -0.396 e. The highest BCUT2D eigenvalue weighted by atomic mass is 16.6. The van der Waals surface area contributed by atoms with E-state index in [-0.39, 0.29) is 41.7 Å². The summed E-state index contributed by atoms with van der Waals surface area (Å²) in [5.41, 5.74) is 2.37. The topological polar surface area (TPSA) is 139 Å². The van der Waals surface area contributed by atoms with E-state index in [4.69, 9.17) is 5.84 Å². The van der Waals surface area contributed by atoms with E-state index < -0.39 is 4.92 Å². The van der Waals surface area contributed by atoms with E-state index in [1.54, 1.807) is 0 Å². The molecule has 2 rings (SSSR count). The third kappa shape index (κ3) is 2.78. The first kappa shape index (κ1) is 14.4. The number of hydrazine groups is 1. The summed E-state index contributed by atoms with van der Waals surface area (Å²) in [7, 11) is 0. The molecule has 1 aliphatic carbocycles. The molecule has 5 N–H and O–H groups in total. The van der Waals surface area contributed by atoms with Gasteiger partial charge in [0.2, 0.25) is 11.8 Å². The van der Waals surface area contributed by atoms with Crippen molar-refractivity contribution in [2.75, 3.05) is 17.3 Å². The van der Waals surface area contributed by atoms with Crippen molar-refractivity contribution < 1.29 is 10.0 Å². The normalized spacial score (nSPS) is 21.8. The molecular weight excluding hydrogens is 264 g/mol. The summed E-state index contributed by atoms with van der Waals surface area (Å²) < 4.78 is 0. The molecular formula is C11H18N6O3. The largest absolute Gasteiger partial charge is 0.396 e. The van der Waals surface area contributed by atoms with Crippen LogP contribution in [0.1, 0.15) is 25.0 Å². The molecule has 20 heavy (non-hydrogen) atoms. The van der Waals surface area contributed by atoms with Gasteiger partial charge in [0.15, 0.2) is 0 Å². The molecule has 0 saturated heterocycles. The van der Waals surface area contributed by atoms with E-state index in [2.05, 4.69) is 20.7 Å². The highest BCUT2D eigenvalue weighted by Crippen LogP contribution is 2.32. The van der Waals surface area contributed by atoms with Crippen LogP contribution in [-0.2, 0) is 0 Å². The molecule has 2 atom stereocenters. The zero-order valence-corrected chi connectivity index (χ0v) is 11.2. The zero-order chi connectivity index (χ0) is 14.7. The summed E-state index contributed by atoms with van der Waals surface area (Å²) in [6, 6.07) is -0.0291. The van der Waals surface area contributed by atoms with Crippen LogP contribution >= 0.6 is 0 Å². The van der Waals surface area contributed by atoms with E-state index in [1.807, 2.05) is 0 Å². The molecule has 1 aromatic heterocycles. The Morgan fingerprint density at radius 3 is 2.85 bits per heavy atom. The lowest BCUT2D eigenvalue weighted by molar-refractivity contribution is -0.385. The number of nitrogen functional groups attached to an aromatic ring is 1. The summed E-state index contributed by atoms with van der Waals surface area (Å²) >= 11 is 0. The van der Waals surface area contributed by atoms with Crippen LogP contribution < -0.4 is 16.6 Å². The van der Waals surface area contributed by atoms with Crippen LogP contribution in [-0.4, -0.2) is 32.6 Å². The van der Waals surface area contributed by atoms with Crippen molar-refractivity contribution in [1.29, 1.82) is 0 Å². The SMILES string of the molecule is Cc1nc(NN)nc(NC2CCCC2CO)c1[N+](=O)[O-]. The van der Waals surface area contributed by atoms with Gasteiger partial charge >= 0.3 is 5.69 Å². The van der Waals surface area contributed by atoms with E-state index in [1.165, 1.54) is 6.92 Å². The number of nitrogens with one attached hydrogen (secondary N) is 2. The number of aryl methyl sites for hydroxylation is 1. The van der Waals surface area contributed by atoms with E-state index in [0.717, 1.165) is 19.3 Å². The molecule has 1 heterocycles. The molecule has 1 aliphatic rings. The number of nitrogens with zero attached hydrogens (tertiary/aromatic N) is 3. The molecule has 1 aromatic rings. The van der Waals surface area contributed by atoms with E-state index in [0.29, 0.717) is 0 Å². The van der Waals surface area contributed by atoms with Gasteiger partial charge in [-0.2, -0.15) is 4.98 Å². The standard InChI is InChI=1S/C11H18N6O3/c1-6-9(17(19)20)10(15-11(13-6)16-12)14-8-4-2-3-7(8)5-18/h7-8,18H,2-5,12H2,1H3,(H2,13,14,15,16). The van der Waals surface area contributed by atoms with Crippen LogP contribution in [0.3, 0.4) is 0 Å². The first-order chi connectivity index (χ1) is 9.56. The van der Waals surface area contributed by atoms with Gasteiger partial charge in [-0.15, -0.1) is 0 Å². The molecule has 9 heteroatoms.